The number of rotatable bonds is 4. The molecule has 0 saturated carbocycles. The van der Waals surface area contributed by atoms with Gasteiger partial charge >= 0.3 is 6.03 Å². The Morgan fingerprint density at radius 2 is 1.71 bits per heavy atom. The third kappa shape index (κ3) is 4.37. The first-order chi connectivity index (χ1) is 13.5. The SMILES string of the molecule is CNC(=O)Nc1cccc(NC(=O)CC2c3ccccc3C=CN2C(C)=O)c1. The second-order valence-corrected chi connectivity index (χ2v) is 6.42. The van der Waals surface area contributed by atoms with Gasteiger partial charge in [-0.3, -0.25) is 9.59 Å². The zero-order valence-electron chi connectivity index (χ0n) is 15.7. The van der Waals surface area contributed by atoms with Crippen LogP contribution in [0, 0.1) is 0 Å². The average molecular weight is 378 g/mol. The van der Waals surface area contributed by atoms with Crippen LogP contribution in [0.15, 0.2) is 54.7 Å². The molecule has 0 saturated heterocycles. The molecule has 4 amide bonds. The van der Waals surface area contributed by atoms with Crippen LogP contribution >= 0.6 is 0 Å². The highest BCUT2D eigenvalue weighted by atomic mass is 16.2. The van der Waals surface area contributed by atoms with Gasteiger partial charge in [0, 0.05) is 31.5 Å². The summed E-state index contributed by atoms with van der Waals surface area (Å²) in [6.07, 6.45) is 3.71. The Balaban J connectivity index is 1.75. The molecule has 2 aromatic carbocycles. The van der Waals surface area contributed by atoms with Crippen LogP contribution in [0.2, 0.25) is 0 Å². The summed E-state index contributed by atoms with van der Waals surface area (Å²) in [6, 6.07) is 13.9. The van der Waals surface area contributed by atoms with E-state index < -0.39 is 0 Å². The van der Waals surface area contributed by atoms with E-state index in [1.807, 2.05) is 30.3 Å². The van der Waals surface area contributed by atoms with Crippen molar-refractivity contribution in [3.8, 4) is 0 Å². The Hall–Kier alpha value is -3.61. The van der Waals surface area contributed by atoms with E-state index in [4.69, 9.17) is 0 Å². The molecule has 0 bridgehead atoms. The van der Waals surface area contributed by atoms with E-state index in [9.17, 15) is 14.4 Å². The third-order valence-electron chi connectivity index (χ3n) is 4.48. The number of carbonyl (C=O) groups is 3. The fourth-order valence-corrected chi connectivity index (χ4v) is 3.17. The molecule has 7 nitrogen and oxygen atoms in total. The highest BCUT2D eigenvalue weighted by Crippen LogP contribution is 2.33. The number of urea groups is 1. The number of anilines is 2. The molecule has 1 aliphatic heterocycles. The van der Waals surface area contributed by atoms with Gasteiger partial charge in [0.1, 0.15) is 0 Å². The second kappa shape index (κ2) is 8.39. The van der Waals surface area contributed by atoms with Gasteiger partial charge in [0.25, 0.3) is 0 Å². The van der Waals surface area contributed by atoms with Crippen LogP contribution in [0.4, 0.5) is 16.2 Å². The van der Waals surface area contributed by atoms with Gasteiger partial charge in [-0.15, -0.1) is 0 Å². The monoisotopic (exact) mass is 378 g/mol. The van der Waals surface area contributed by atoms with Gasteiger partial charge in [0.2, 0.25) is 11.8 Å². The molecule has 7 heteroatoms. The second-order valence-electron chi connectivity index (χ2n) is 6.42. The molecule has 0 radical (unpaired) electrons. The highest BCUT2D eigenvalue weighted by molar-refractivity contribution is 5.94. The maximum Gasteiger partial charge on any atom is 0.318 e. The first-order valence-corrected chi connectivity index (χ1v) is 8.92. The number of benzene rings is 2. The van der Waals surface area contributed by atoms with Crippen LogP contribution in [-0.2, 0) is 9.59 Å². The van der Waals surface area contributed by atoms with Gasteiger partial charge in [-0.1, -0.05) is 30.3 Å². The summed E-state index contributed by atoms with van der Waals surface area (Å²) in [4.78, 5) is 37.7. The molecule has 1 unspecified atom stereocenters. The molecule has 1 aliphatic rings. The molecule has 3 N–H and O–H groups in total. The van der Waals surface area contributed by atoms with Crippen LogP contribution < -0.4 is 16.0 Å². The molecule has 3 rings (SSSR count). The average Bonchev–Trinajstić information content (AvgIpc) is 2.68. The molecule has 1 atom stereocenters. The number of nitrogens with zero attached hydrogens (tertiary/aromatic N) is 1. The molecule has 28 heavy (non-hydrogen) atoms. The summed E-state index contributed by atoms with van der Waals surface area (Å²) in [7, 11) is 1.53. The lowest BCUT2D eigenvalue weighted by Gasteiger charge is -2.32. The molecule has 0 aromatic heterocycles. The third-order valence-corrected chi connectivity index (χ3v) is 4.48. The molecular weight excluding hydrogens is 356 g/mol. The van der Waals surface area contributed by atoms with Gasteiger partial charge in [0.05, 0.1) is 12.5 Å². The lowest BCUT2D eigenvalue weighted by molar-refractivity contribution is -0.129. The van der Waals surface area contributed by atoms with E-state index in [1.54, 1.807) is 35.4 Å². The minimum atomic E-state index is -0.370. The lowest BCUT2D eigenvalue weighted by Crippen LogP contribution is -2.33. The lowest BCUT2D eigenvalue weighted by atomic mass is 9.93. The first-order valence-electron chi connectivity index (χ1n) is 8.92. The van der Waals surface area contributed by atoms with Crippen molar-refractivity contribution in [3.63, 3.8) is 0 Å². The molecule has 1 heterocycles. The number of fused-ring (bicyclic) bond motifs is 1. The minimum Gasteiger partial charge on any atom is -0.341 e. The Kier molecular flexibility index (Phi) is 5.74. The quantitative estimate of drug-likeness (QED) is 0.762. The Morgan fingerprint density at radius 3 is 2.43 bits per heavy atom. The largest absolute Gasteiger partial charge is 0.341 e. The highest BCUT2D eigenvalue weighted by Gasteiger charge is 2.28. The maximum atomic E-state index is 12.7. The molecule has 0 spiro atoms. The summed E-state index contributed by atoms with van der Waals surface area (Å²) in [5.41, 5.74) is 3.06. The topological polar surface area (TPSA) is 90.5 Å². The van der Waals surface area contributed by atoms with Crippen molar-refractivity contribution in [1.82, 2.24) is 10.2 Å². The van der Waals surface area contributed by atoms with E-state index in [0.29, 0.717) is 11.4 Å². The predicted octanol–water partition coefficient (Wildman–Crippen LogP) is 3.34. The molecule has 0 aliphatic carbocycles. The number of amides is 4. The van der Waals surface area contributed by atoms with Gasteiger partial charge in [-0.05, 0) is 35.4 Å². The Labute approximate surface area is 163 Å². The van der Waals surface area contributed by atoms with Gasteiger partial charge < -0.3 is 20.9 Å². The normalized spacial score (nSPS) is 14.8. The summed E-state index contributed by atoms with van der Waals surface area (Å²) in [5, 5.41) is 7.97. The van der Waals surface area contributed by atoms with Crippen LogP contribution in [0.1, 0.15) is 30.5 Å². The zero-order valence-corrected chi connectivity index (χ0v) is 15.7. The zero-order chi connectivity index (χ0) is 20.1. The molecular formula is C21H22N4O3. The maximum absolute atomic E-state index is 12.7. The van der Waals surface area contributed by atoms with E-state index in [0.717, 1.165) is 11.1 Å². The van der Waals surface area contributed by atoms with Crippen molar-refractivity contribution < 1.29 is 14.4 Å². The number of nitrogens with one attached hydrogen (secondary N) is 3. The fraction of sp³-hybridized carbons (Fsp3) is 0.190. The van der Waals surface area contributed by atoms with Crippen molar-refractivity contribution in [2.75, 3.05) is 17.7 Å². The van der Waals surface area contributed by atoms with Crippen LogP contribution in [-0.4, -0.2) is 29.8 Å². The number of hydrogen-bond acceptors (Lipinski definition) is 3. The van der Waals surface area contributed by atoms with Crippen molar-refractivity contribution in [2.45, 2.75) is 19.4 Å². The molecule has 0 fully saturated rings. The summed E-state index contributed by atoms with van der Waals surface area (Å²) < 4.78 is 0. The Bertz CT molecular complexity index is 939. The van der Waals surface area contributed by atoms with Crippen LogP contribution in [0.5, 0.6) is 0 Å². The summed E-state index contributed by atoms with van der Waals surface area (Å²) in [5.74, 6) is -0.348. The standard InChI is InChI=1S/C21H22N4O3/c1-14(26)25-11-10-15-6-3-4-9-18(15)19(25)13-20(27)23-16-7-5-8-17(12-16)24-21(28)22-2/h3-12,19H,13H2,1-2H3,(H,23,27)(H2,22,24,28). The van der Waals surface area contributed by atoms with E-state index >= 15 is 0 Å². The predicted molar refractivity (Wildman–Crippen MR) is 109 cm³/mol. The first kappa shape index (κ1) is 19.2. The van der Waals surface area contributed by atoms with Crippen molar-refractivity contribution in [1.29, 1.82) is 0 Å². The van der Waals surface area contributed by atoms with Crippen molar-refractivity contribution >= 4 is 35.3 Å². The van der Waals surface area contributed by atoms with Gasteiger partial charge in [-0.2, -0.15) is 0 Å². The van der Waals surface area contributed by atoms with Crippen LogP contribution in [0.25, 0.3) is 6.08 Å². The molecule has 2 aromatic rings. The fourth-order valence-electron chi connectivity index (χ4n) is 3.17. The minimum absolute atomic E-state index is 0.119. The van der Waals surface area contributed by atoms with Crippen molar-refractivity contribution in [2.24, 2.45) is 0 Å². The summed E-state index contributed by atoms with van der Waals surface area (Å²) in [6.45, 7) is 1.48. The smallest absolute Gasteiger partial charge is 0.318 e. The van der Waals surface area contributed by atoms with E-state index in [2.05, 4.69) is 16.0 Å². The molecule has 144 valence electrons. The van der Waals surface area contributed by atoms with Gasteiger partial charge in [0.15, 0.2) is 0 Å². The van der Waals surface area contributed by atoms with Gasteiger partial charge in [-0.25, -0.2) is 4.79 Å². The van der Waals surface area contributed by atoms with Crippen LogP contribution in [0.3, 0.4) is 0 Å². The number of carbonyl (C=O) groups excluding carboxylic acids is 3. The number of hydrogen-bond donors (Lipinski definition) is 3. The van der Waals surface area contributed by atoms with E-state index in [1.165, 1.54) is 14.0 Å². The van der Waals surface area contributed by atoms with E-state index in [-0.39, 0.29) is 30.3 Å². The Morgan fingerprint density at radius 1 is 1.00 bits per heavy atom. The van der Waals surface area contributed by atoms with Crippen molar-refractivity contribution in [3.05, 3.63) is 65.9 Å². The summed E-state index contributed by atoms with van der Waals surface area (Å²) >= 11 is 0.